The number of rotatable bonds is 7. The van der Waals surface area contributed by atoms with E-state index in [0.717, 1.165) is 11.3 Å². The molecule has 0 saturated carbocycles. The van der Waals surface area contributed by atoms with Gasteiger partial charge in [-0.1, -0.05) is 18.2 Å². The molecule has 0 aliphatic heterocycles. The lowest BCUT2D eigenvalue weighted by atomic mass is 10.2. The van der Waals surface area contributed by atoms with Crippen molar-refractivity contribution in [1.29, 1.82) is 0 Å². The van der Waals surface area contributed by atoms with Crippen molar-refractivity contribution in [3.8, 4) is 5.88 Å². The van der Waals surface area contributed by atoms with Gasteiger partial charge in [-0.3, -0.25) is 0 Å². The van der Waals surface area contributed by atoms with Crippen molar-refractivity contribution in [2.24, 2.45) is 0 Å². The Morgan fingerprint density at radius 1 is 1.14 bits per heavy atom. The highest BCUT2D eigenvalue weighted by Gasteiger charge is 2.16. The minimum Gasteiger partial charge on any atom is -0.477 e. The van der Waals surface area contributed by atoms with Crippen molar-refractivity contribution >= 4 is 23.6 Å². The first-order chi connectivity index (χ1) is 13.6. The molecule has 0 spiro atoms. The molecule has 28 heavy (non-hydrogen) atoms. The molecule has 0 radical (unpaired) electrons. The summed E-state index contributed by atoms with van der Waals surface area (Å²) in [4.78, 5) is 28.7. The lowest BCUT2D eigenvalue weighted by Gasteiger charge is -2.10. The number of esters is 1. The van der Waals surface area contributed by atoms with Gasteiger partial charge in [0, 0.05) is 11.9 Å². The molecule has 3 aromatic rings. The quantitative estimate of drug-likeness (QED) is 0.595. The van der Waals surface area contributed by atoms with Gasteiger partial charge in [0.2, 0.25) is 17.8 Å². The molecule has 144 valence electrons. The molecule has 3 rings (SSSR count). The molecule has 0 fully saturated rings. The number of anilines is 3. The highest BCUT2D eigenvalue weighted by molar-refractivity contribution is 5.91. The van der Waals surface area contributed by atoms with E-state index in [1.165, 1.54) is 6.20 Å². The molecule has 9 heteroatoms. The Kier molecular flexibility index (Phi) is 5.95. The van der Waals surface area contributed by atoms with Crippen LogP contribution in [0.15, 0.2) is 42.6 Å². The van der Waals surface area contributed by atoms with Crippen LogP contribution < -0.4 is 15.8 Å². The van der Waals surface area contributed by atoms with Crippen LogP contribution in [0.4, 0.5) is 17.6 Å². The van der Waals surface area contributed by atoms with Gasteiger partial charge in [-0.15, -0.1) is 0 Å². The fraction of sp³-hybridized carbons (Fsp3) is 0.211. The van der Waals surface area contributed by atoms with Crippen LogP contribution in [-0.4, -0.2) is 32.5 Å². The number of hydrogen-bond donors (Lipinski definition) is 2. The minimum atomic E-state index is -0.594. The van der Waals surface area contributed by atoms with Crippen LogP contribution in [0.1, 0.15) is 28.7 Å². The van der Waals surface area contributed by atoms with E-state index in [1.807, 2.05) is 31.2 Å². The van der Waals surface area contributed by atoms with E-state index < -0.39 is 5.97 Å². The largest absolute Gasteiger partial charge is 0.477 e. The van der Waals surface area contributed by atoms with Gasteiger partial charge < -0.3 is 20.5 Å². The van der Waals surface area contributed by atoms with Crippen molar-refractivity contribution in [3.63, 3.8) is 0 Å². The average molecular weight is 380 g/mol. The normalized spacial score (nSPS) is 10.4. The number of nitrogens with one attached hydrogen (secondary N) is 1. The zero-order valence-corrected chi connectivity index (χ0v) is 15.5. The maximum atomic E-state index is 12.4. The van der Waals surface area contributed by atoms with E-state index >= 15 is 0 Å². The molecule has 0 saturated heterocycles. The maximum Gasteiger partial charge on any atom is 0.344 e. The monoisotopic (exact) mass is 380 g/mol. The molecule has 0 aliphatic rings. The third kappa shape index (κ3) is 4.70. The number of nitrogens with two attached hydrogens (primary N) is 1. The number of aryl methyl sites for hydroxylation is 1. The Morgan fingerprint density at radius 2 is 1.96 bits per heavy atom. The van der Waals surface area contributed by atoms with Crippen molar-refractivity contribution < 1.29 is 14.3 Å². The second kappa shape index (κ2) is 8.76. The van der Waals surface area contributed by atoms with Crippen molar-refractivity contribution in [1.82, 2.24) is 19.9 Å². The zero-order chi connectivity index (χ0) is 19.9. The number of para-hydroxylation sites is 1. The van der Waals surface area contributed by atoms with Crippen LogP contribution in [0, 0.1) is 6.92 Å². The fourth-order valence-electron chi connectivity index (χ4n) is 2.40. The molecular formula is C19H20N6O3. The second-order valence-corrected chi connectivity index (χ2v) is 5.74. The van der Waals surface area contributed by atoms with Crippen LogP contribution >= 0.6 is 0 Å². The number of carbonyl (C=O) groups excluding carboxylic acids is 1. The van der Waals surface area contributed by atoms with Gasteiger partial charge in [-0.05, 0) is 37.6 Å². The SMILES string of the molecule is CCOc1ncccc1C(=O)OCc1nc(N)nc(Nc2ccccc2C)n1. The van der Waals surface area contributed by atoms with Gasteiger partial charge >= 0.3 is 5.97 Å². The molecule has 1 aromatic carbocycles. The van der Waals surface area contributed by atoms with Gasteiger partial charge in [-0.25, -0.2) is 9.78 Å². The highest BCUT2D eigenvalue weighted by Crippen LogP contribution is 2.19. The van der Waals surface area contributed by atoms with Crippen LogP contribution in [0.25, 0.3) is 0 Å². The number of aromatic nitrogens is 4. The Balaban J connectivity index is 1.72. The van der Waals surface area contributed by atoms with Gasteiger partial charge in [0.1, 0.15) is 5.56 Å². The molecule has 0 atom stereocenters. The average Bonchev–Trinajstić information content (AvgIpc) is 2.68. The van der Waals surface area contributed by atoms with E-state index in [1.54, 1.807) is 19.1 Å². The van der Waals surface area contributed by atoms with E-state index in [2.05, 4.69) is 25.3 Å². The molecule has 0 unspecified atom stereocenters. The predicted molar refractivity (Wildman–Crippen MR) is 103 cm³/mol. The molecular weight excluding hydrogens is 360 g/mol. The summed E-state index contributed by atoms with van der Waals surface area (Å²) in [5.41, 5.74) is 7.85. The van der Waals surface area contributed by atoms with E-state index in [4.69, 9.17) is 15.2 Å². The Hall–Kier alpha value is -3.75. The molecule has 3 N–H and O–H groups in total. The zero-order valence-electron chi connectivity index (χ0n) is 15.5. The van der Waals surface area contributed by atoms with E-state index in [-0.39, 0.29) is 35.8 Å². The van der Waals surface area contributed by atoms with Crippen molar-refractivity contribution in [2.75, 3.05) is 17.7 Å². The summed E-state index contributed by atoms with van der Waals surface area (Å²) in [6.45, 7) is 3.98. The minimum absolute atomic E-state index is 0.0218. The summed E-state index contributed by atoms with van der Waals surface area (Å²) < 4.78 is 10.6. The summed E-state index contributed by atoms with van der Waals surface area (Å²) in [7, 11) is 0. The first-order valence-electron chi connectivity index (χ1n) is 8.65. The van der Waals surface area contributed by atoms with Crippen molar-refractivity contribution in [2.45, 2.75) is 20.5 Å². The fourth-order valence-corrected chi connectivity index (χ4v) is 2.40. The van der Waals surface area contributed by atoms with Gasteiger partial charge in [0.25, 0.3) is 0 Å². The number of hydrogen-bond acceptors (Lipinski definition) is 9. The molecule has 2 aromatic heterocycles. The topological polar surface area (TPSA) is 125 Å². The van der Waals surface area contributed by atoms with Gasteiger partial charge in [-0.2, -0.15) is 15.0 Å². The summed E-state index contributed by atoms with van der Waals surface area (Å²) >= 11 is 0. The third-order valence-electron chi connectivity index (χ3n) is 3.70. The number of pyridine rings is 1. The molecule has 2 heterocycles. The van der Waals surface area contributed by atoms with Crippen LogP contribution in [0.3, 0.4) is 0 Å². The Morgan fingerprint density at radius 3 is 2.75 bits per heavy atom. The number of nitrogens with zero attached hydrogens (tertiary/aromatic N) is 4. The molecule has 0 amide bonds. The standard InChI is InChI=1S/C19H20N6O3/c1-3-27-16-13(8-6-10-21-16)17(26)28-11-15-23-18(20)25-19(24-15)22-14-9-5-4-7-12(14)2/h4-10H,3,11H2,1-2H3,(H3,20,22,23,24,25). The smallest absolute Gasteiger partial charge is 0.344 e. The van der Waals surface area contributed by atoms with E-state index in [9.17, 15) is 4.79 Å². The lowest BCUT2D eigenvalue weighted by Crippen LogP contribution is -2.12. The summed E-state index contributed by atoms with van der Waals surface area (Å²) in [6.07, 6.45) is 1.54. The highest BCUT2D eigenvalue weighted by atomic mass is 16.5. The van der Waals surface area contributed by atoms with Gasteiger partial charge in [0.05, 0.1) is 6.61 Å². The second-order valence-electron chi connectivity index (χ2n) is 5.74. The molecule has 9 nitrogen and oxygen atoms in total. The number of benzene rings is 1. The summed E-state index contributed by atoms with van der Waals surface area (Å²) in [5.74, 6) is 0.132. The van der Waals surface area contributed by atoms with E-state index in [0.29, 0.717) is 6.61 Å². The van der Waals surface area contributed by atoms with Crippen LogP contribution in [0.5, 0.6) is 5.88 Å². The maximum absolute atomic E-state index is 12.4. The van der Waals surface area contributed by atoms with Crippen molar-refractivity contribution in [3.05, 3.63) is 59.5 Å². The van der Waals surface area contributed by atoms with Crippen LogP contribution in [-0.2, 0) is 11.3 Å². The first-order valence-corrected chi connectivity index (χ1v) is 8.65. The van der Waals surface area contributed by atoms with Gasteiger partial charge in [0.15, 0.2) is 12.4 Å². The summed E-state index contributed by atoms with van der Waals surface area (Å²) in [6, 6.07) is 10.9. The molecule has 0 bridgehead atoms. The lowest BCUT2D eigenvalue weighted by molar-refractivity contribution is 0.0456. The Bertz CT molecular complexity index is 979. The first kappa shape index (κ1) is 19.0. The number of nitrogen functional groups attached to an aromatic ring is 1. The predicted octanol–water partition coefficient (Wildman–Crippen LogP) is 2.66. The van der Waals surface area contributed by atoms with Crippen LogP contribution in [0.2, 0.25) is 0 Å². The number of ether oxygens (including phenoxy) is 2. The Labute approximate surface area is 162 Å². The molecule has 0 aliphatic carbocycles. The third-order valence-corrected chi connectivity index (χ3v) is 3.70. The summed E-state index contributed by atoms with van der Waals surface area (Å²) in [5, 5.41) is 3.09. The number of carbonyl (C=O) groups is 1.